The van der Waals surface area contributed by atoms with Gasteiger partial charge in [0.15, 0.2) is 0 Å². The minimum absolute atomic E-state index is 0.00107. The first-order valence-electron chi connectivity index (χ1n) is 6.34. The number of benzene rings is 1. The van der Waals surface area contributed by atoms with Gasteiger partial charge >= 0.3 is 0 Å². The summed E-state index contributed by atoms with van der Waals surface area (Å²) in [5.41, 5.74) is 0.629. The minimum atomic E-state index is -0.232. The summed E-state index contributed by atoms with van der Waals surface area (Å²) in [6, 6.07) is 5.29. The van der Waals surface area contributed by atoms with E-state index in [1.165, 1.54) is 6.07 Å². The highest BCUT2D eigenvalue weighted by atomic mass is 19.1. The number of methoxy groups -OCH3 is 1. The number of hydrogen-bond donors (Lipinski definition) is 1. The van der Waals surface area contributed by atoms with Crippen molar-refractivity contribution < 1.29 is 13.9 Å². The van der Waals surface area contributed by atoms with Crippen LogP contribution in [0.25, 0.3) is 0 Å². The SMILES string of the molecule is CCNC1CC(Oc2ccc(C)c(F)c2)C1OC. The Morgan fingerprint density at radius 1 is 1.44 bits per heavy atom. The molecule has 1 aromatic carbocycles. The smallest absolute Gasteiger partial charge is 0.129 e. The van der Waals surface area contributed by atoms with E-state index in [-0.39, 0.29) is 18.0 Å². The first-order valence-corrected chi connectivity index (χ1v) is 6.34. The minimum Gasteiger partial charge on any atom is -0.487 e. The Morgan fingerprint density at radius 3 is 2.83 bits per heavy atom. The van der Waals surface area contributed by atoms with E-state index in [1.54, 1.807) is 26.2 Å². The summed E-state index contributed by atoms with van der Waals surface area (Å²) in [6.07, 6.45) is 0.928. The van der Waals surface area contributed by atoms with Crippen molar-refractivity contribution in [1.82, 2.24) is 5.32 Å². The Balaban J connectivity index is 1.96. The Kier molecular flexibility index (Phi) is 4.19. The molecule has 2 rings (SSSR count). The lowest BCUT2D eigenvalue weighted by molar-refractivity contribution is -0.0884. The molecular weight excluding hydrogens is 233 g/mol. The molecule has 1 N–H and O–H groups in total. The molecule has 3 unspecified atom stereocenters. The fourth-order valence-corrected chi connectivity index (χ4v) is 2.30. The fourth-order valence-electron chi connectivity index (χ4n) is 2.30. The van der Waals surface area contributed by atoms with Crippen molar-refractivity contribution in [3.8, 4) is 5.75 Å². The second kappa shape index (κ2) is 5.67. The molecule has 18 heavy (non-hydrogen) atoms. The molecule has 1 aliphatic rings. The van der Waals surface area contributed by atoms with E-state index in [1.807, 2.05) is 0 Å². The van der Waals surface area contributed by atoms with E-state index in [2.05, 4.69) is 12.2 Å². The van der Waals surface area contributed by atoms with E-state index in [4.69, 9.17) is 9.47 Å². The summed E-state index contributed by atoms with van der Waals surface area (Å²) in [6.45, 7) is 4.72. The van der Waals surface area contributed by atoms with Crippen LogP contribution in [0.2, 0.25) is 0 Å². The first-order chi connectivity index (χ1) is 8.65. The molecule has 0 amide bonds. The Bertz CT molecular complexity index is 411. The second-order valence-corrected chi connectivity index (χ2v) is 4.67. The van der Waals surface area contributed by atoms with Crippen molar-refractivity contribution in [3.63, 3.8) is 0 Å². The molecule has 0 saturated heterocycles. The molecule has 0 bridgehead atoms. The third-order valence-corrected chi connectivity index (χ3v) is 3.42. The van der Waals surface area contributed by atoms with Gasteiger partial charge in [0, 0.05) is 25.6 Å². The average Bonchev–Trinajstić information content (AvgIpc) is 2.32. The molecule has 4 heteroatoms. The highest BCUT2D eigenvalue weighted by molar-refractivity contribution is 5.28. The summed E-state index contributed by atoms with van der Waals surface area (Å²) in [5.74, 6) is 0.337. The summed E-state index contributed by atoms with van der Waals surface area (Å²) >= 11 is 0. The van der Waals surface area contributed by atoms with Crippen LogP contribution in [-0.4, -0.2) is 31.9 Å². The first kappa shape index (κ1) is 13.3. The summed E-state index contributed by atoms with van der Waals surface area (Å²) < 4.78 is 24.6. The lowest BCUT2D eigenvalue weighted by Gasteiger charge is -2.43. The molecule has 1 fully saturated rings. The van der Waals surface area contributed by atoms with Gasteiger partial charge in [-0.25, -0.2) is 4.39 Å². The fraction of sp³-hybridized carbons (Fsp3) is 0.571. The summed E-state index contributed by atoms with van der Waals surface area (Å²) in [4.78, 5) is 0. The standard InChI is InChI=1S/C14H20FNO2/c1-4-16-12-8-13(14(12)17-3)18-10-6-5-9(2)11(15)7-10/h5-7,12-14,16H,4,8H2,1-3H3. The summed E-state index contributed by atoms with van der Waals surface area (Å²) in [7, 11) is 1.68. The Morgan fingerprint density at radius 2 is 2.22 bits per heavy atom. The van der Waals surface area contributed by atoms with Crippen LogP contribution in [0.5, 0.6) is 5.75 Å². The largest absolute Gasteiger partial charge is 0.487 e. The van der Waals surface area contributed by atoms with Gasteiger partial charge in [-0.1, -0.05) is 13.0 Å². The van der Waals surface area contributed by atoms with Crippen LogP contribution < -0.4 is 10.1 Å². The van der Waals surface area contributed by atoms with Crippen LogP contribution in [0.15, 0.2) is 18.2 Å². The number of ether oxygens (including phenoxy) is 2. The zero-order chi connectivity index (χ0) is 13.1. The lowest BCUT2D eigenvalue weighted by atomic mass is 9.85. The maximum absolute atomic E-state index is 13.4. The van der Waals surface area contributed by atoms with E-state index >= 15 is 0 Å². The molecule has 0 radical (unpaired) electrons. The van der Waals surface area contributed by atoms with Crippen LogP contribution in [-0.2, 0) is 4.74 Å². The lowest BCUT2D eigenvalue weighted by Crippen LogP contribution is -2.60. The van der Waals surface area contributed by atoms with Crippen molar-refractivity contribution in [2.45, 2.75) is 38.5 Å². The molecular formula is C14H20FNO2. The zero-order valence-corrected chi connectivity index (χ0v) is 11.1. The molecule has 1 saturated carbocycles. The van der Waals surface area contributed by atoms with Gasteiger partial charge in [0.05, 0.1) is 0 Å². The number of halogens is 1. The van der Waals surface area contributed by atoms with Crippen LogP contribution >= 0.6 is 0 Å². The van der Waals surface area contributed by atoms with Crippen LogP contribution in [0.1, 0.15) is 18.9 Å². The molecule has 0 aromatic heterocycles. The molecule has 3 atom stereocenters. The number of likely N-dealkylation sites (N-methyl/N-ethyl adjacent to an activating group) is 1. The number of hydrogen-bond acceptors (Lipinski definition) is 3. The van der Waals surface area contributed by atoms with Crippen LogP contribution in [0, 0.1) is 12.7 Å². The third-order valence-electron chi connectivity index (χ3n) is 3.42. The summed E-state index contributed by atoms with van der Waals surface area (Å²) in [5, 5.41) is 3.34. The molecule has 100 valence electrons. The average molecular weight is 253 g/mol. The van der Waals surface area contributed by atoms with Crippen molar-refractivity contribution in [1.29, 1.82) is 0 Å². The van der Waals surface area contributed by atoms with Crippen LogP contribution in [0.3, 0.4) is 0 Å². The quantitative estimate of drug-likeness (QED) is 0.873. The van der Waals surface area contributed by atoms with Crippen molar-refractivity contribution >= 4 is 0 Å². The predicted octanol–water partition coefficient (Wildman–Crippen LogP) is 2.28. The Labute approximate surface area is 107 Å². The van der Waals surface area contributed by atoms with Gasteiger partial charge in [0.25, 0.3) is 0 Å². The van der Waals surface area contributed by atoms with Crippen molar-refractivity contribution in [2.75, 3.05) is 13.7 Å². The highest BCUT2D eigenvalue weighted by Crippen LogP contribution is 2.29. The van der Waals surface area contributed by atoms with Crippen LogP contribution in [0.4, 0.5) is 4.39 Å². The van der Waals surface area contributed by atoms with Gasteiger partial charge in [-0.15, -0.1) is 0 Å². The molecule has 3 nitrogen and oxygen atoms in total. The van der Waals surface area contributed by atoms with E-state index in [0.717, 1.165) is 13.0 Å². The van der Waals surface area contributed by atoms with E-state index in [9.17, 15) is 4.39 Å². The van der Waals surface area contributed by atoms with Gasteiger partial charge in [0.2, 0.25) is 0 Å². The van der Waals surface area contributed by atoms with Crippen molar-refractivity contribution in [3.05, 3.63) is 29.6 Å². The Hall–Kier alpha value is -1.13. The molecule has 0 aliphatic heterocycles. The normalized spacial score (nSPS) is 26.8. The maximum Gasteiger partial charge on any atom is 0.129 e. The molecule has 1 aromatic rings. The molecule has 0 spiro atoms. The number of rotatable bonds is 5. The van der Waals surface area contributed by atoms with E-state index in [0.29, 0.717) is 17.4 Å². The molecule has 1 aliphatic carbocycles. The molecule has 0 heterocycles. The van der Waals surface area contributed by atoms with Gasteiger partial charge in [-0.3, -0.25) is 0 Å². The topological polar surface area (TPSA) is 30.5 Å². The highest BCUT2D eigenvalue weighted by Gasteiger charge is 2.42. The monoisotopic (exact) mass is 253 g/mol. The number of aryl methyl sites for hydroxylation is 1. The third kappa shape index (κ3) is 2.65. The van der Waals surface area contributed by atoms with E-state index < -0.39 is 0 Å². The van der Waals surface area contributed by atoms with Crippen molar-refractivity contribution in [2.24, 2.45) is 0 Å². The van der Waals surface area contributed by atoms with Gasteiger partial charge in [-0.2, -0.15) is 0 Å². The van der Waals surface area contributed by atoms with Gasteiger partial charge < -0.3 is 14.8 Å². The predicted molar refractivity (Wildman–Crippen MR) is 68.4 cm³/mol. The number of nitrogens with one attached hydrogen (secondary N) is 1. The maximum atomic E-state index is 13.4. The zero-order valence-electron chi connectivity index (χ0n) is 11.1. The van der Waals surface area contributed by atoms with Gasteiger partial charge in [-0.05, 0) is 25.1 Å². The van der Waals surface area contributed by atoms with Gasteiger partial charge in [0.1, 0.15) is 23.8 Å². The second-order valence-electron chi connectivity index (χ2n) is 4.67.